The summed E-state index contributed by atoms with van der Waals surface area (Å²) in [6.45, 7) is 0.921. The first-order valence-electron chi connectivity index (χ1n) is 5.45. The van der Waals surface area contributed by atoms with Crippen molar-refractivity contribution in [2.75, 3.05) is 6.54 Å². The highest BCUT2D eigenvalue weighted by Crippen LogP contribution is 2.34. The number of likely N-dealkylation sites (tertiary alicyclic amines) is 1. The maximum atomic E-state index is 12.1. The number of carbonyl (C=O) groups is 1. The Labute approximate surface area is 92.4 Å². The summed E-state index contributed by atoms with van der Waals surface area (Å²) in [5, 5.41) is 0.0914. The number of hydrogen-bond acceptors (Lipinski definition) is 1. The highest BCUT2D eigenvalue weighted by Gasteiger charge is 2.42. The van der Waals surface area contributed by atoms with Crippen molar-refractivity contribution in [1.82, 2.24) is 4.90 Å². The Kier molecular flexibility index (Phi) is 2.95. The molecule has 1 atom stereocenters. The van der Waals surface area contributed by atoms with Gasteiger partial charge in [0.2, 0.25) is 5.91 Å². The lowest BCUT2D eigenvalue weighted by Gasteiger charge is -2.34. The van der Waals surface area contributed by atoms with Crippen molar-refractivity contribution in [2.24, 2.45) is 5.92 Å². The third-order valence-corrected chi connectivity index (χ3v) is 3.06. The maximum Gasteiger partial charge on any atom is 0.222 e. The summed E-state index contributed by atoms with van der Waals surface area (Å²) in [5.74, 6) is 0.548. The average molecular weight is 184 g/mol. The first-order valence-corrected chi connectivity index (χ1v) is 5.45. The fraction of sp³-hybridized carbons (Fsp3) is 0.833. The Hall–Kier alpha value is -0.140. The predicted molar refractivity (Wildman–Crippen MR) is 76.5 cm³/mol. The van der Waals surface area contributed by atoms with Gasteiger partial charge in [0.25, 0.3) is 0 Å². The van der Waals surface area contributed by atoms with E-state index in [-0.39, 0.29) is 16.3 Å². The van der Waals surface area contributed by atoms with Crippen LogP contribution in [0, 0.1) is 5.92 Å². The molecule has 0 aliphatic carbocycles. The number of nitrogens with zero attached hydrogens (tertiary/aromatic N) is 1. The minimum Gasteiger partial charge on any atom is -0.360 e. The molecule has 1 heterocycles. The maximum absolute atomic E-state index is 12.1. The van der Waals surface area contributed by atoms with Crippen LogP contribution in [0.5, 0.6) is 0 Å². The molecule has 1 unspecified atom stereocenters. The summed E-state index contributed by atoms with van der Waals surface area (Å²) >= 11 is 0. The monoisotopic (exact) mass is 185 g/mol. The van der Waals surface area contributed by atoms with Crippen molar-refractivity contribution in [3.63, 3.8) is 0 Å². The Morgan fingerprint density at radius 1 is 1.14 bits per heavy atom. The normalized spacial score (nSPS) is 24.1. The van der Waals surface area contributed by atoms with Gasteiger partial charge in [-0.3, -0.25) is 4.79 Å². The standard InChI is InChI=1S/C6H17B6NO/c7-5(8,9)3-1-2-13(4(3)14)6(10,11)12/h3H,1-2,7-12H2. The molecule has 0 bridgehead atoms. The van der Waals surface area contributed by atoms with E-state index in [2.05, 4.69) is 47.1 Å². The summed E-state index contributed by atoms with van der Waals surface area (Å²) in [6.07, 6.45) is 1.01. The van der Waals surface area contributed by atoms with Crippen LogP contribution in [0.2, 0.25) is 5.11 Å². The van der Waals surface area contributed by atoms with E-state index in [0.717, 1.165) is 13.0 Å². The van der Waals surface area contributed by atoms with Crippen LogP contribution in [0.25, 0.3) is 0 Å². The second-order valence-electron chi connectivity index (χ2n) is 6.37. The summed E-state index contributed by atoms with van der Waals surface area (Å²) in [4.78, 5) is 14.1. The molecule has 1 fully saturated rings. The Morgan fingerprint density at radius 3 is 1.86 bits per heavy atom. The van der Waals surface area contributed by atoms with Crippen LogP contribution < -0.4 is 0 Å². The molecule has 1 saturated heterocycles. The molecule has 2 nitrogen and oxygen atoms in total. The highest BCUT2D eigenvalue weighted by atomic mass is 16.2. The van der Waals surface area contributed by atoms with Gasteiger partial charge in [0.1, 0.15) is 23.5 Å². The van der Waals surface area contributed by atoms with Crippen molar-refractivity contribution in [3.8, 4) is 0 Å². The molecule has 1 rings (SSSR count). The second kappa shape index (κ2) is 3.46. The van der Waals surface area contributed by atoms with Crippen molar-refractivity contribution < 1.29 is 4.79 Å². The van der Waals surface area contributed by atoms with E-state index in [0.29, 0.717) is 5.91 Å². The van der Waals surface area contributed by atoms with Crippen molar-refractivity contribution in [3.05, 3.63) is 0 Å². The Morgan fingerprint density at radius 2 is 1.64 bits per heavy atom. The lowest BCUT2D eigenvalue weighted by molar-refractivity contribution is -0.131. The van der Waals surface area contributed by atoms with Gasteiger partial charge < -0.3 is 4.90 Å². The minimum atomic E-state index is -0.0168. The summed E-state index contributed by atoms with van der Waals surface area (Å²) < 4.78 is 0. The van der Waals surface area contributed by atoms with Crippen molar-refractivity contribution in [2.45, 2.75) is 16.8 Å². The predicted octanol–water partition coefficient (Wildman–Crippen LogP) is -5.68. The molecular formula is C6H17B6NO. The van der Waals surface area contributed by atoms with Gasteiger partial charge in [-0.1, -0.05) is 5.11 Å². The van der Waals surface area contributed by atoms with Gasteiger partial charge in [-0.15, -0.1) is 0 Å². The number of amides is 1. The third kappa shape index (κ3) is 2.26. The molecule has 0 saturated carbocycles. The third-order valence-electron chi connectivity index (χ3n) is 3.06. The van der Waals surface area contributed by atoms with Crippen LogP contribution in [0.15, 0.2) is 0 Å². The minimum absolute atomic E-state index is 0.0168. The first-order chi connectivity index (χ1) is 6.14. The number of hydrogen-bond donors (Lipinski definition) is 0. The molecule has 0 aromatic heterocycles. The van der Waals surface area contributed by atoms with Gasteiger partial charge >= 0.3 is 0 Å². The highest BCUT2D eigenvalue weighted by molar-refractivity contribution is 6.61. The smallest absolute Gasteiger partial charge is 0.222 e. The van der Waals surface area contributed by atoms with Gasteiger partial charge in [0, 0.05) is 12.5 Å². The summed E-state index contributed by atoms with van der Waals surface area (Å²) in [7, 11) is 12.8. The van der Waals surface area contributed by atoms with E-state index in [4.69, 9.17) is 0 Å². The van der Waals surface area contributed by atoms with E-state index >= 15 is 0 Å². The molecule has 0 N–H and O–H groups in total. The van der Waals surface area contributed by atoms with E-state index in [1.807, 2.05) is 4.90 Å². The second-order valence-corrected chi connectivity index (χ2v) is 6.37. The molecule has 1 aliphatic rings. The van der Waals surface area contributed by atoms with Gasteiger partial charge in [-0.25, -0.2) is 0 Å². The zero-order valence-electron chi connectivity index (χ0n) is 10.3. The Balaban J connectivity index is 2.80. The van der Waals surface area contributed by atoms with Gasteiger partial charge in [-0.2, -0.15) is 0 Å². The van der Waals surface area contributed by atoms with Crippen LogP contribution in [-0.4, -0.2) is 69.7 Å². The van der Waals surface area contributed by atoms with Gasteiger partial charge in [-0.05, 0) is 11.7 Å². The summed E-state index contributed by atoms with van der Waals surface area (Å²) in [6, 6.07) is 0. The van der Waals surface area contributed by atoms with Crippen LogP contribution in [-0.2, 0) is 4.79 Å². The van der Waals surface area contributed by atoms with Crippen LogP contribution in [0.4, 0.5) is 0 Å². The van der Waals surface area contributed by atoms with E-state index in [1.165, 1.54) is 0 Å². The van der Waals surface area contributed by atoms with E-state index in [9.17, 15) is 4.79 Å². The van der Waals surface area contributed by atoms with Crippen LogP contribution >= 0.6 is 0 Å². The van der Waals surface area contributed by atoms with Crippen LogP contribution in [0.3, 0.4) is 0 Å². The largest absolute Gasteiger partial charge is 0.360 e. The van der Waals surface area contributed by atoms with Crippen molar-refractivity contribution in [1.29, 1.82) is 0 Å². The van der Waals surface area contributed by atoms with E-state index < -0.39 is 0 Å². The molecule has 8 heteroatoms. The van der Waals surface area contributed by atoms with Crippen molar-refractivity contribution >= 4 is 53.0 Å². The van der Waals surface area contributed by atoms with Crippen LogP contribution in [0.1, 0.15) is 6.42 Å². The zero-order chi connectivity index (χ0) is 11.1. The molecule has 14 heavy (non-hydrogen) atoms. The number of rotatable bonds is 2. The van der Waals surface area contributed by atoms with E-state index in [1.54, 1.807) is 0 Å². The summed E-state index contributed by atoms with van der Waals surface area (Å²) in [5.41, 5.74) is 0. The van der Waals surface area contributed by atoms with Gasteiger partial charge in [0.15, 0.2) is 0 Å². The molecular weight excluding hydrogens is 167 g/mol. The first kappa shape index (κ1) is 11.9. The quantitative estimate of drug-likeness (QED) is 0.392. The lowest BCUT2D eigenvalue weighted by Crippen LogP contribution is -2.52. The number of carbonyl (C=O) groups excluding carboxylic acids is 1. The molecule has 0 spiro atoms. The van der Waals surface area contributed by atoms with Gasteiger partial charge in [0.05, 0.1) is 23.5 Å². The fourth-order valence-corrected chi connectivity index (χ4v) is 2.15. The molecule has 0 aromatic rings. The topological polar surface area (TPSA) is 20.3 Å². The zero-order valence-corrected chi connectivity index (χ0v) is 10.3. The molecule has 1 amide bonds. The lowest BCUT2D eigenvalue weighted by atomic mass is 9.37. The Bertz CT molecular complexity index is 220. The molecule has 0 radical (unpaired) electrons. The SMILES string of the molecule is BC(B)(B)C1CCN(C(B)(B)B)C1=O. The molecule has 70 valence electrons. The average Bonchev–Trinajstić information content (AvgIpc) is 2.26. The fourth-order valence-electron chi connectivity index (χ4n) is 2.15. The molecule has 1 aliphatic heterocycles. The molecule has 0 aromatic carbocycles.